The molecule has 35 heavy (non-hydrogen) atoms. The third-order valence-electron chi connectivity index (χ3n) is 5.57. The maximum Gasteiger partial charge on any atom is 0.326 e. The van der Waals surface area contributed by atoms with Crippen LogP contribution in [0.5, 0.6) is 11.5 Å². The number of hydrogen-bond acceptors (Lipinski definition) is 6. The average molecular weight is 505 g/mol. The summed E-state index contributed by atoms with van der Waals surface area (Å²) in [6.07, 6.45) is 0.863. The maximum atomic E-state index is 13.2. The third-order valence-corrected chi connectivity index (χ3v) is 7.50. The molecule has 1 heterocycles. The van der Waals surface area contributed by atoms with Crippen molar-refractivity contribution in [2.24, 2.45) is 0 Å². The first-order valence-electron chi connectivity index (χ1n) is 11.4. The van der Waals surface area contributed by atoms with Gasteiger partial charge in [0.15, 0.2) is 0 Å². The number of nitrogens with one attached hydrogen (secondary N) is 1. The normalized spacial score (nSPS) is 17.5. The first kappa shape index (κ1) is 26.5. The van der Waals surface area contributed by atoms with Crippen molar-refractivity contribution >= 4 is 21.9 Å². The molecule has 0 bridgehead atoms. The fraction of sp³-hybridized carbons (Fsp3) is 0.440. The highest BCUT2D eigenvalue weighted by Gasteiger charge is 2.40. The zero-order valence-corrected chi connectivity index (χ0v) is 21.2. The minimum absolute atomic E-state index is 0.0466. The van der Waals surface area contributed by atoms with Crippen molar-refractivity contribution in [1.82, 2.24) is 9.62 Å². The number of sulfonamides is 1. The Morgan fingerprint density at radius 3 is 2.23 bits per heavy atom. The van der Waals surface area contributed by atoms with E-state index in [0.717, 1.165) is 4.31 Å². The highest BCUT2D eigenvalue weighted by Crippen LogP contribution is 2.27. The second-order valence-electron chi connectivity index (χ2n) is 9.41. The molecule has 1 aliphatic heterocycles. The van der Waals surface area contributed by atoms with Gasteiger partial charge in [-0.3, -0.25) is 4.79 Å². The lowest BCUT2D eigenvalue weighted by Crippen LogP contribution is -2.51. The lowest BCUT2D eigenvalue weighted by atomic mass is 10.0. The smallest absolute Gasteiger partial charge is 0.326 e. The highest BCUT2D eigenvalue weighted by molar-refractivity contribution is 7.89. The zero-order valence-electron chi connectivity index (χ0n) is 20.4. The molecule has 0 saturated carbocycles. The van der Waals surface area contributed by atoms with Gasteiger partial charge in [-0.05, 0) is 75.6 Å². The van der Waals surface area contributed by atoms with Gasteiger partial charge < -0.3 is 19.9 Å². The highest BCUT2D eigenvalue weighted by atomic mass is 32.2. The van der Waals surface area contributed by atoms with Crippen LogP contribution < -0.4 is 14.8 Å². The second kappa shape index (κ2) is 10.7. The fourth-order valence-corrected chi connectivity index (χ4v) is 5.58. The first-order chi connectivity index (χ1) is 16.4. The van der Waals surface area contributed by atoms with Crippen LogP contribution in [-0.2, 0) is 26.0 Å². The summed E-state index contributed by atoms with van der Waals surface area (Å²) in [5.41, 5.74) is 0.339. The monoisotopic (exact) mass is 504 g/mol. The number of hydrogen-bond donors (Lipinski definition) is 2. The van der Waals surface area contributed by atoms with Crippen LogP contribution in [0, 0.1) is 0 Å². The van der Waals surface area contributed by atoms with Gasteiger partial charge in [0.05, 0.1) is 12.0 Å². The van der Waals surface area contributed by atoms with Gasteiger partial charge in [0.25, 0.3) is 0 Å². The lowest BCUT2D eigenvalue weighted by Gasteiger charge is -2.25. The summed E-state index contributed by atoms with van der Waals surface area (Å²) in [5, 5.41) is 12.2. The van der Waals surface area contributed by atoms with E-state index in [1.807, 2.05) is 20.8 Å². The van der Waals surface area contributed by atoms with Gasteiger partial charge in [-0.2, -0.15) is 4.31 Å². The molecule has 0 aliphatic carbocycles. The van der Waals surface area contributed by atoms with Crippen molar-refractivity contribution < 1.29 is 32.6 Å². The lowest BCUT2D eigenvalue weighted by molar-refractivity contribution is -0.142. The molecule has 0 spiro atoms. The molecule has 10 heteroatoms. The molecule has 9 nitrogen and oxygen atoms in total. The SMILES string of the molecule is COc1ccc(S(=O)(=O)N2CCC[C@H]2C(=O)N[C@@H](Cc2ccc(OC(C)(C)C)cc2)C(=O)O)cc1. The minimum atomic E-state index is -3.94. The Morgan fingerprint density at radius 2 is 1.69 bits per heavy atom. The Kier molecular flexibility index (Phi) is 8.07. The van der Waals surface area contributed by atoms with Gasteiger partial charge >= 0.3 is 5.97 Å². The summed E-state index contributed by atoms with van der Waals surface area (Å²) in [4.78, 5) is 25.0. The Hall–Kier alpha value is -3.11. The zero-order chi connectivity index (χ0) is 25.8. The van der Waals surface area contributed by atoms with Crippen molar-refractivity contribution in [3.8, 4) is 11.5 Å². The number of nitrogens with zero attached hydrogens (tertiary/aromatic N) is 1. The number of carboxylic acid groups (broad SMARTS) is 1. The maximum absolute atomic E-state index is 13.2. The molecule has 0 radical (unpaired) electrons. The van der Waals surface area contributed by atoms with Crippen molar-refractivity contribution in [3.05, 3.63) is 54.1 Å². The molecule has 0 aromatic heterocycles. The number of rotatable bonds is 9. The molecule has 190 valence electrons. The Labute approximate surface area is 206 Å². The first-order valence-corrected chi connectivity index (χ1v) is 12.8. The second-order valence-corrected chi connectivity index (χ2v) is 11.3. The summed E-state index contributed by atoms with van der Waals surface area (Å²) in [5.74, 6) is -0.653. The van der Waals surface area contributed by atoms with Crippen LogP contribution in [0.3, 0.4) is 0 Å². The van der Waals surface area contributed by atoms with Crippen molar-refractivity contribution in [1.29, 1.82) is 0 Å². The topological polar surface area (TPSA) is 122 Å². The van der Waals surface area contributed by atoms with Crippen LogP contribution in [0.4, 0.5) is 0 Å². The number of aliphatic carboxylic acids is 1. The minimum Gasteiger partial charge on any atom is -0.497 e. The van der Waals surface area contributed by atoms with E-state index in [1.165, 1.54) is 31.4 Å². The molecule has 1 saturated heterocycles. The van der Waals surface area contributed by atoms with Gasteiger partial charge in [-0.1, -0.05) is 12.1 Å². The number of ether oxygens (including phenoxy) is 2. The Bertz CT molecular complexity index is 1140. The molecule has 2 aromatic carbocycles. The largest absolute Gasteiger partial charge is 0.497 e. The standard InChI is InChI=1S/C25H32N2O7S/c1-25(2,3)34-19-9-7-17(8-10-19)16-21(24(29)30)26-23(28)22-6-5-15-27(22)35(31,32)20-13-11-18(33-4)12-14-20/h7-14,21-22H,5-6,15-16H2,1-4H3,(H,26,28)(H,29,30)/t21-,22-/m0/s1. The average Bonchev–Trinajstić information content (AvgIpc) is 3.30. The molecule has 0 unspecified atom stereocenters. The van der Waals surface area contributed by atoms with E-state index in [1.54, 1.807) is 24.3 Å². The van der Waals surface area contributed by atoms with E-state index in [0.29, 0.717) is 29.9 Å². The Balaban J connectivity index is 1.71. The van der Waals surface area contributed by atoms with Crippen molar-refractivity contribution in [2.45, 2.75) is 62.6 Å². The molecule has 3 rings (SSSR count). The summed E-state index contributed by atoms with van der Waals surface area (Å²) in [6.45, 7) is 5.97. The van der Waals surface area contributed by atoms with E-state index in [2.05, 4.69) is 5.32 Å². The van der Waals surface area contributed by atoms with E-state index in [9.17, 15) is 23.1 Å². The Morgan fingerprint density at radius 1 is 1.09 bits per heavy atom. The van der Waals surface area contributed by atoms with E-state index in [-0.39, 0.29) is 23.5 Å². The predicted molar refractivity (Wildman–Crippen MR) is 130 cm³/mol. The van der Waals surface area contributed by atoms with E-state index >= 15 is 0 Å². The number of carbonyl (C=O) groups is 2. The molecule has 1 aliphatic rings. The van der Waals surface area contributed by atoms with E-state index < -0.39 is 34.0 Å². The number of amides is 1. The van der Waals surface area contributed by atoms with Gasteiger partial charge in [-0.25, -0.2) is 13.2 Å². The number of carbonyl (C=O) groups excluding carboxylic acids is 1. The summed E-state index contributed by atoms with van der Waals surface area (Å²) >= 11 is 0. The summed E-state index contributed by atoms with van der Waals surface area (Å²) < 4.78 is 38.3. The van der Waals surface area contributed by atoms with Gasteiger partial charge in [-0.15, -0.1) is 0 Å². The predicted octanol–water partition coefficient (Wildman–Crippen LogP) is 2.84. The van der Waals surface area contributed by atoms with Crippen LogP contribution in [0.15, 0.2) is 53.4 Å². The molecule has 2 atom stereocenters. The van der Waals surface area contributed by atoms with Crippen LogP contribution in [-0.4, -0.2) is 61.0 Å². The van der Waals surface area contributed by atoms with Crippen LogP contribution in [0.1, 0.15) is 39.2 Å². The quantitative estimate of drug-likeness (QED) is 0.538. The van der Waals surface area contributed by atoms with Crippen molar-refractivity contribution in [2.75, 3.05) is 13.7 Å². The number of methoxy groups -OCH3 is 1. The molecule has 2 aromatic rings. The van der Waals surface area contributed by atoms with Gasteiger partial charge in [0, 0.05) is 13.0 Å². The number of carboxylic acids is 1. The van der Waals surface area contributed by atoms with Crippen LogP contribution in [0.25, 0.3) is 0 Å². The fourth-order valence-electron chi connectivity index (χ4n) is 3.92. The summed E-state index contributed by atoms with van der Waals surface area (Å²) in [6, 6.07) is 10.7. The molecular formula is C25H32N2O7S. The molecule has 1 amide bonds. The van der Waals surface area contributed by atoms with Gasteiger partial charge in [0.1, 0.15) is 29.2 Å². The molecular weight excluding hydrogens is 472 g/mol. The van der Waals surface area contributed by atoms with E-state index in [4.69, 9.17) is 9.47 Å². The molecule has 2 N–H and O–H groups in total. The molecule has 1 fully saturated rings. The summed E-state index contributed by atoms with van der Waals surface area (Å²) in [7, 11) is -2.45. The van der Waals surface area contributed by atoms with Crippen LogP contribution >= 0.6 is 0 Å². The van der Waals surface area contributed by atoms with Crippen molar-refractivity contribution in [3.63, 3.8) is 0 Å². The van der Waals surface area contributed by atoms with Crippen LogP contribution in [0.2, 0.25) is 0 Å². The third kappa shape index (κ3) is 6.73. The van der Waals surface area contributed by atoms with Gasteiger partial charge in [0.2, 0.25) is 15.9 Å². The number of benzene rings is 2.